The van der Waals surface area contributed by atoms with Crippen molar-refractivity contribution in [2.45, 2.75) is 64.4 Å². The van der Waals surface area contributed by atoms with Crippen LogP contribution in [0.4, 0.5) is 0 Å². The topological polar surface area (TPSA) is 44.0 Å². The van der Waals surface area contributed by atoms with E-state index in [9.17, 15) is 10.4 Å². The number of aliphatic hydroxyl groups is 1. The summed E-state index contributed by atoms with van der Waals surface area (Å²) < 4.78 is 0. The molecule has 90 valence electrons. The lowest BCUT2D eigenvalue weighted by Gasteiger charge is -2.36. The number of rotatable bonds is 2. The number of nitriles is 1. The van der Waals surface area contributed by atoms with E-state index in [1.54, 1.807) is 0 Å². The first kappa shape index (κ1) is 11.9. The third kappa shape index (κ3) is 2.11. The van der Waals surface area contributed by atoms with Gasteiger partial charge in [-0.2, -0.15) is 5.26 Å². The van der Waals surface area contributed by atoms with Gasteiger partial charge in [0.15, 0.2) is 0 Å². The third-order valence-electron chi connectivity index (χ3n) is 4.79. The highest BCUT2D eigenvalue weighted by Crippen LogP contribution is 2.46. The van der Waals surface area contributed by atoms with Crippen molar-refractivity contribution in [1.29, 1.82) is 5.26 Å². The number of nitrogens with zero attached hydrogens (tertiary/aromatic N) is 1. The lowest BCUT2D eigenvalue weighted by molar-refractivity contribution is -0.00281. The molecule has 0 aromatic heterocycles. The summed E-state index contributed by atoms with van der Waals surface area (Å²) in [6.45, 7) is 2.29. The van der Waals surface area contributed by atoms with Crippen molar-refractivity contribution in [1.82, 2.24) is 0 Å². The van der Waals surface area contributed by atoms with Crippen LogP contribution in [0.5, 0.6) is 0 Å². The summed E-state index contributed by atoms with van der Waals surface area (Å²) in [6, 6.07) is 2.44. The first-order valence-corrected chi connectivity index (χ1v) is 6.77. The molecule has 2 rings (SSSR count). The van der Waals surface area contributed by atoms with Crippen LogP contribution in [0, 0.1) is 28.6 Å². The monoisotopic (exact) mass is 221 g/mol. The highest BCUT2D eigenvalue weighted by molar-refractivity contribution is 5.08. The first-order chi connectivity index (χ1) is 7.68. The molecular weight excluding hydrogens is 198 g/mol. The molecule has 2 fully saturated rings. The zero-order chi connectivity index (χ0) is 11.6. The maximum atomic E-state index is 10.5. The van der Waals surface area contributed by atoms with Gasteiger partial charge in [0.05, 0.1) is 17.6 Å². The van der Waals surface area contributed by atoms with E-state index < -0.39 is 5.41 Å². The normalized spacial score (nSPS) is 35.6. The Morgan fingerprint density at radius 2 is 1.75 bits per heavy atom. The number of hydrogen-bond donors (Lipinski definition) is 1. The van der Waals surface area contributed by atoms with Gasteiger partial charge in [-0.15, -0.1) is 0 Å². The molecular formula is C14H23NO. The summed E-state index contributed by atoms with van der Waals surface area (Å²) >= 11 is 0. The van der Waals surface area contributed by atoms with Crippen LogP contribution in [0.3, 0.4) is 0 Å². The molecule has 2 aliphatic carbocycles. The van der Waals surface area contributed by atoms with Crippen LogP contribution in [0.1, 0.15) is 58.3 Å². The Labute approximate surface area is 98.7 Å². The van der Waals surface area contributed by atoms with Crippen molar-refractivity contribution in [3.63, 3.8) is 0 Å². The molecule has 0 aliphatic heterocycles. The van der Waals surface area contributed by atoms with Gasteiger partial charge in [-0.25, -0.2) is 0 Å². The third-order valence-corrected chi connectivity index (χ3v) is 4.79. The van der Waals surface area contributed by atoms with Crippen molar-refractivity contribution < 1.29 is 5.11 Å². The van der Waals surface area contributed by atoms with Gasteiger partial charge in [0.1, 0.15) is 0 Å². The van der Waals surface area contributed by atoms with Gasteiger partial charge in [-0.05, 0) is 37.5 Å². The molecule has 0 amide bonds. The average molecular weight is 221 g/mol. The van der Waals surface area contributed by atoms with Gasteiger partial charge in [-0.1, -0.05) is 32.6 Å². The Morgan fingerprint density at radius 3 is 2.25 bits per heavy atom. The van der Waals surface area contributed by atoms with Crippen molar-refractivity contribution in [2.75, 3.05) is 0 Å². The molecule has 0 aromatic carbocycles. The van der Waals surface area contributed by atoms with Gasteiger partial charge in [0, 0.05) is 0 Å². The molecule has 0 saturated heterocycles. The van der Waals surface area contributed by atoms with Gasteiger partial charge in [0.25, 0.3) is 0 Å². The Hall–Kier alpha value is -0.550. The quantitative estimate of drug-likeness (QED) is 0.777. The molecule has 0 heterocycles. The minimum atomic E-state index is -0.398. The van der Waals surface area contributed by atoms with Crippen LogP contribution in [0.15, 0.2) is 0 Å². The summed E-state index contributed by atoms with van der Waals surface area (Å²) in [6.07, 6.45) is 8.38. The molecule has 0 spiro atoms. The van der Waals surface area contributed by atoms with Crippen molar-refractivity contribution in [2.24, 2.45) is 17.3 Å². The highest BCUT2D eigenvalue weighted by Gasteiger charge is 2.44. The predicted octanol–water partition coefficient (Wildman–Crippen LogP) is 3.26. The van der Waals surface area contributed by atoms with E-state index in [1.807, 2.05) is 0 Å². The second-order valence-electron chi connectivity index (χ2n) is 5.94. The standard InChI is InChI=1S/C14H23NO/c1-11-4-6-12(7-5-11)13(16)14(10-15)8-2-3-9-14/h11-13,16H,2-9H2,1H3. The molecule has 1 atom stereocenters. The zero-order valence-corrected chi connectivity index (χ0v) is 10.3. The first-order valence-electron chi connectivity index (χ1n) is 6.77. The molecule has 2 nitrogen and oxygen atoms in total. The van der Waals surface area contributed by atoms with Crippen LogP contribution in [0.2, 0.25) is 0 Å². The summed E-state index contributed by atoms with van der Waals surface area (Å²) in [7, 11) is 0. The second kappa shape index (κ2) is 4.75. The van der Waals surface area contributed by atoms with Crippen LogP contribution < -0.4 is 0 Å². The predicted molar refractivity (Wildman–Crippen MR) is 63.6 cm³/mol. The highest BCUT2D eigenvalue weighted by atomic mass is 16.3. The molecule has 0 aromatic rings. The summed E-state index contributed by atoms with van der Waals surface area (Å²) in [5.74, 6) is 1.19. The van der Waals surface area contributed by atoms with E-state index in [4.69, 9.17) is 0 Å². The van der Waals surface area contributed by atoms with Gasteiger partial charge >= 0.3 is 0 Å². The van der Waals surface area contributed by atoms with E-state index in [0.717, 1.165) is 44.4 Å². The summed E-state index contributed by atoms with van der Waals surface area (Å²) in [5, 5.41) is 19.8. The lowest BCUT2D eigenvalue weighted by atomic mass is 9.70. The molecule has 2 heteroatoms. The molecule has 16 heavy (non-hydrogen) atoms. The van der Waals surface area contributed by atoms with Crippen LogP contribution >= 0.6 is 0 Å². The van der Waals surface area contributed by atoms with Crippen molar-refractivity contribution >= 4 is 0 Å². The Morgan fingerprint density at radius 1 is 1.19 bits per heavy atom. The second-order valence-corrected chi connectivity index (χ2v) is 5.94. The van der Waals surface area contributed by atoms with Gasteiger partial charge in [0.2, 0.25) is 0 Å². The number of aliphatic hydroxyl groups excluding tert-OH is 1. The molecule has 1 unspecified atom stereocenters. The van der Waals surface area contributed by atoms with E-state index in [0.29, 0.717) is 5.92 Å². The average Bonchev–Trinajstić information content (AvgIpc) is 2.79. The van der Waals surface area contributed by atoms with Crippen LogP contribution in [-0.2, 0) is 0 Å². The lowest BCUT2D eigenvalue weighted by Crippen LogP contribution is -2.39. The maximum Gasteiger partial charge on any atom is 0.0835 e. The van der Waals surface area contributed by atoms with E-state index in [-0.39, 0.29) is 6.10 Å². The smallest absolute Gasteiger partial charge is 0.0835 e. The minimum absolute atomic E-state index is 0.368. The van der Waals surface area contributed by atoms with Crippen molar-refractivity contribution in [3.8, 4) is 6.07 Å². The largest absolute Gasteiger partial charge is 0.391 e. The van der Waals surface area contributed by atoms with E-state index in [1.165, 1.54) is 12.8 Å². The Kier molecular flexibility index (Phi) is 3.54. The molecule has 1 N–H and O–H groups in total. The fourth-order valence-corrected chi connectivity index (χ4v) is 3.53. The van der Waals surface area contributed by atoms with Crippen LogP contribution in [0.25, 0.3) is 0 Å². The SMILES string of the molecule is CC1CCC(C(O)C2(C#N)CCCC2)CC1. The van der Waals surface area contributed by atoms with Crippen LogP contribution in [-0.4, -0.2) is 11.2 Å². The molecule has 2 saturated carbocycles. The summed E-state index contributed by atoms with van der Waals surface area (Å²) in [5.41, 5.74) is -0.398. The van der Waals surface area contributed by atoms with Gasteiger partial charge in [-0.3, -0.25) is 0 Å². The zero-order valence-electron chi connectivity index (χ0n) is 10.3. The Bertz CT molecular complexity index is 267. The summed E-state index contributed by atoms with van der Waals surface area (Å²) in [4.78, 5) is 0. The Balaban J connectivity index is 2.01. The van der Waals surface area contributed by atoms with Gasteiger partial charge < -0.3 is 5.11 Å². The maximum absolute atomic E-state index is 10.5. The fraction of sp³-hybridized carbons (Fsp3) is 0.929. The number of hydrogen-bond acceptors (Lipinski definition) is 2. The van der Waals surface area contributed by atoms with E-state index >= 15 is 0 Å². The fourth-order valence-electron chi connectivity index (χ4n) is 3.53. The van der Waals surface area contributed by atoms with Crippen molar-refractivity contribution in [3.05, 3.63) is 0 Å². The molecule has 2 aliphatic rings. The minimum Gasteiger partial charge on any atom is -0.391 e. The molecule has 0 radical (unpaired) electrons. The van der Waals surface area contributed by atoms with E-state index in [2.05, 4.69) is 13.0 Å². The molecule has 0 bridgehead atoms.